The van der Waals surface area contributed by atoms with Gasteiger partial charge >= 0.3 is 0 Å². The molecule has 0 saturated heterocycles. The highest BCUT2D eigenvalue weighted by atomic mass is 16.2. The van der Waals surface area contributed by atoms with Crippen molar-refractivity contribution in [2.75, 3.05) is 11.9 Å². The Balaban J connectivity index is 2.76. The van der Waals surface area contributed by atoms with Crippen LogP contribution in [0.5, 0.6) is 0 Å². The van der Waals surface area contributed by atoms with Gasteiger partial charge in [-0.05, 0) is 19.8 Å². The zero-order chi connectivity index (χ0) is 12.9. The molecule has 1 amide bonds. The minimum atomic E-state index is -0.464. The van der Waals surface area contributed by atoms with E-state index in [0.29, 0.717) is 6.54 Å². The molecule has 0 radical (unpaired) electrons. The van der Waals surface area contributed by atoms with Gasteiger partial charge in [0.2, 0.25) is 5.91 Å². The zero-order valence-electron chi connectivity index (χ0n) is 10.9. The van der Waals surface area contributed by atoms with Crippen LogP contribution in [0.15, 0.2) is 12.4 Å². The third kappa shape index (κ3) is 2.85. The van der Waals surface area contributed by atoms with Crippen molar-refractivity contribution in [3.63, 3.8) is 0 Å². The highest BCUT2D eigenvalue weighted by molar-refractivity contribution is 5.95. The number of hydrogen-bond donors (Lipinski definition) is 2. The Morgan fingerprint density at radius 1 is 1.47 bits per heavy atom. The van der Waals surface area contributed by atoms with E-state index in [-0.39, 0.29) is 5.91 Å². The van der Waals surface area contributed by atoms with Gasteiger partial charge in [0.15, 0.2) is 0 Å². The molecule has 1 aromatic rings. The van der Waals surface area contributed by atoms with Gasteiger partial charge in [-0.1, -0.05) is 13.8 Å². The molecule has 0 saturated carbocycles. The SMILES string of the molecule is CCn1cc(NC(=O)C(CC)(CC)CN)cn1. The van der Waals surface area contributed by atoms with E-state index in [1.165, 1.54) is 0 Å². The smallest absolute Gasteiger partial charge is 0.231 e. The Hall–Kier alpha value is -1.36. The standard InChI is InChI=1S/C12H22N4O/c1-4-12(5-2,9-13)11(17)15-10-7-14-16(6-3)8-10/h7-8H,4-6,9,13H2,1-3H3,(H,15,17). The Bertz CT molecular complexity index is 360. The molecule has 0 aliphatic rings. The van der Waals surface area contributed by atoms with Crippen molar-refractivity contribution in [2.45, 2.75) is 40.2 Å². The maximum atomic E-state index is 12.2. The average molecular weight is 238 g/mol. The van der Waals surface area contributed by atoms with Crippen molar-refractivity contribution in [3.8, 4) is 0 Å². The molecule has 0 aliphatic carbocycles. The van der Waals surface area contributed by atoms with E-state index in [2.05, 4.69) is 10.4 Å². The molecular formula is C12H22N4O. The summed E-state index contributed by atoms with van der Waals surface area (Å²) < 4.78 is 1.78. The number of aryl methyl sites for hydroxylation is 1. The van der Waals surface area contributed by atoms with E-state index in [1.807, 2.05) is 27.0 Å². The van der Waals surface area contributed by atoms with Crippen LogP contribution in [0.3, 0.4) is 0 Å². The van der Waals surface area contributed by atoms with Gasteiger partial charge in [0.25, 0.3) is 0 Å². The summed E-state index contributed by atoms with van der Waals surface area (Å²) in [6, 6.07) is 0. The quantitative estimate of drug-likeness (QED) is 0.790. The Labute approximate surface area is 102 Å². The lowest BCUT2D eigenvalue weighted by molar-refractivity contribution is -0.125. The summed E-state index contributed by atoms with van der Waals surface area (Å²) in [5.41, 5.74) is 6.00. The van der Waals surface area contributed by atoms with Crippen LogP contribution < -0.4 is 11.1 Å². The first kappa shape index (κ1) is 13.7. The molecule has 0 bridgehead atoms. The Morgan fingerprint density at radius 3 is 2.53 bits per heavy atom. The third-order valence-corrected chi connectivity index (χ3v) is 3.44. The molecule has 5 heteroatoms. The molecule has 5 nitrogen and oxygen atoms in total. The molecule has 96 valence electrons. The van der Waals surface area contributed by atoms with Crippen LogP contribution >= 0.6 is 0 Å². The first-order valence-corrected chi connectivity index (χ1v) is 6.15. The van der Waals surface area contributed by atoms with Crippen LogP contribution in [0.4, 0.5) is 5.69 Å². The second kappa shape index (κ2) is 5.82. The molecule has 0 atom stereocenters. The number of aromatic nitrogens is 2. The maximum Gasteiger partial charge on any atom is 0.231 e. The van der Waals surface area contributed by atoms with Gasteiger partial charge in [-0.15, -0.1) is 0 Å². The summed E-state index contributed by atoms with van der Waals surface area (Å²) in [4.78, 5) is 12.2. The largest absolute Gasteiger partial charge is 0.329 e. The van der Waals surface area contributed by atoms with Gasteiger partial charge in [0.1, 0.15) is 0 Å². The van der Waals surface area contributed by atoms with Crippen LogP contribution in [0.25, 0.3) is 0 Å². The summed E-state index contributed by atoms with van der Waals surface area (Å²) in [5, 5.41) is 7.01. The molecular weight excluding hydrogens is 216 g/mol. The highest BCUT2D eigenvalue weighted by Gasteiger charge is 2.33. The fraction of sp³-hybridized carbons (Fsp3) is 0.667. The lowest BCUT2D eigenvalue weighted by Crippen LogP contribution is -2.41. The first-order valence-electron chi connectivity index (χ1n) is 6.15. The normalized spacial score (nSPS) is 11.5. The highest BCUT2D eigenvalue weighted by Crippen LogP contribution is 2.26. The number of amides is 1. The van der Waals surface area contributed by atoms with E-state index in [9.17, 15) is 4.79 Å². The maximum absolute atomic E-state index is 12.2. The molecule has 0 aliphatic heterocycles. The van der Waals surface area contributed by atoms with Gasteiger partial charge in [0, 0.05) is 19.3 Å². The molecule has 1 heterocycles. The minimum Gasteiger partial charge on any atom is -0.329 e. The molecule has 0 aromatic carbocycles. The van der Waals surface area contributed by atoms with Crippen molar-refractivity contribution >= 4 is 11.6 Å². The number of nitrogens with one attached hydrogen (secondary N) is 1. The second-order valence-electron chi connectivity index (χ2n) is 4.23. The topological polar surface area (TPSA) is 72.9 Å². The molecule has 0 spiro atoms. The van der Waals surface area contributed by atoms with Gasteiger partial charge in [0.05, 0.1) is 17.3 Å². The second-order valence-corrected chi connectivity index (χ2v) is 4.23. The molecule has 0 fully saturated rings. The van der Waals surface area contributed by atoms with Crippen molar-refractivity contribution in [1.29, 1.82) is 0 Å². The van der Waals surface area contributed by atoms with Crippen LogP contribution in [-0.2, 0) is 11.3 Å². The van der Waals surface area contributed by atoms with Crippen molar-refractivity contribution in [3.05, 3.63) is 12.4 Å². The van der Waals surface area contributed by atoms with E-state index in [4.69, 9.17) is 5.73 Å². The van der Waals surface area contributed by atoms with Crippen LogP contribution in [-0.4, -0.2) is 22.2 Å². The lowest BCUT2D eigenvalue weighted by Gasteiger charge is -2.28. The Kier molecular flexibility index (Phi) is 4.69. The fourth-order valence-corrected chi connectivity index (χ4v) is 1.82. The van der Waals surface area contributed by atoms with Crippen molar-refractivity contribution < 1.29 is 4.79 Å². The van der Waals surface area contributed by atoms with Crippen LogP contribution in [0.1, 0.15) is 33.6 Å². The summed E-state index contributed by atoms with van der Waals surface area (Å²) >= 11 is 0. The van der Waals surface area contributed by atoms with Gasteiger partial charge in [-0.25, -0.2) is 0 Å². The summed E-state index contributed by atoms with van der Waals surface area (Å²) in [7, 11) is 0. The van der Waals surface area contributed by atoms with E-state index < -0.39 is 5.41 Å². The fourth-order valence-electron chi connectivity index (χ4n) is 1.82. The summed E-state index contributed by atoms with van der Waals surface area (Å²) in [6.07, 6.45) is 4.97. The number of nitrogens with two attached hydrogens (primary N) is 1. The molecule has 1 aromatic heterocycles. The zero-order valence-corrected chi connectivity index (χ0v) is 10.9. The third-order valence-electron chi connectivity index (χ3n) is 3.44. The molecule has 17 heavy (non-hydrogen) atoms. The lowest BCUT2D eigenvalue weighted by atomic mass is 9.81. The van der Waals surface area contributed by atoms with Crippen LogP contribution in [0.2, 0.25) is 0 Å². The number of hydrogen-bond acceptors (Lipinski definition) is 3. The first-order chi connectivity index (χ1) is 8.11. The molecule has 3 N–H and O–H groups in total. The van der Waals surface area contributed by atoms with Gasteiger partial charge in [-0.3, -0.25) is 9.48 Å². The van der Waals surface area contributed by atoms with Gasteiger partial charge in [-0.2, -0.15) is 5.10 Å². The number of anilines is 1. The van der Waals surface area contributed by atoms with E-state index in [0.717, 1.165) is 25.1 Å². The average Bonchev–Trinajstić information content (AvgIpc) is 2.80. The number of rotatable bonds is 6. The minimum absolute atomic E-state index is 0.0133. The number of carbonyl (C=O) groups is 1. The van der Waals surface area contributed by atoms with Gasteiger partial charge < -0.3 is 11.1 Å². The van der Waals surface area contributed by atoms with E-state index >= 15 is 0 Å². The summed E-state index contributed by atoms with van der Waals surface area (Å²) in [6.45, 7) is 7.14. The number of carbonyl (C=O) groups excluding carboxylic acids is 1. The predicted octanol–water partition coefficient (Wildman–Crippen LogP) is 1.61. The molecule has 1 rings (SSSR count). The summed E-state index contributed by atoms with van der Waals surface area (Å²) in [5.74, 6) is -0.0133. The van der Waals surface area contributed by atoms with Crippen molar-refractivity contribution in [2.24, 2.45) is 11.1 Å². The van der Waals surface area contributed by atoms with E-state index in [1.54, 1.807) is 10.9 Å². The number of nitrogens with zero attached hydrogens (tertiary/aromatic N) is 2. The predicted molar refractivity (Wildman–Crippen MR) is 68.6 cm³/mol. The van der Waals surface area contributed by atoms with Crippen molar-refractivity contribution in [1.82, 2.24) is 9.78 Å². The monoisotopic (exact) mass is 238 g/mol. The molecule has 0 unspecified atom stereocenters. The van der Waals surface area contributed by atoms with Crippen LogP contribution in [0, 0.1) is 5.41 Å². The Morgan fingerprint density at radius 2 is 2.12 bits per heavy atom.